The van der Waals surface area contributed by atoms with Crippen LogP contribution in [0.25, 0.3) is 0 Å². The zero-order chi connectivity index (χ0) is 22.5. The monoisotopic (exact) mass is 434 g/mol. The van der Waals surface area contributed by atoms with E-state index in [9.17, 15) is 0 Å². The van der Waals surface area contributed by atoms with Gasteiger partial charge < -0.3 is 0 Å². The van der Waals surface area contributed by atoms with Crippen molar-refractivity contribution >= 4 is 29.4 Å². The van der Waals surface area contributed by atoms with Gasteiger partial charge in [-0.2, -0.15) is 0 Å². The van der Waals surface area contributed by atoms with Crippen molar-refractivity contribution in [3.8, 4) is 23.2 Å². The molecule has 0 heterocycles. The topological polar surface area (TPSA) is 0 Å². The van der Waals surface area contributed by atoms with Gasteiger partial charge in [0.25, 0.3) is 0 Å². The molecule has 4 heteroatoms. The Morgan fingerprint density at radius 2 is 0.900 bits per heavy atom. The minimum absolute atomic E-state index is 0.231. The van der Waals surface area contributed by atoms with Crippen LogP contribution >= 0.6 is 14.3 Å². The van der Waals surface area contributed by atoms with Crippen molar-refractivity contribution in [1.82, 2.24) is 0 Å². The Hall–Kier alpha value is -1.45. The van der Waals surface area contributed by atoms with E-state index in [1.807, 2.05) is 0 Å². The van der Waals surface area contributed by atoms with E-state index in [0.29, 0.717) is 0 Å². The molecule has 2 rings (SSSR count). The summed E-state index contributed by atoms with van der Waals surface area (Å²) in [4.78, 5) is 0. The van der Waals surface area contributed by atoms with Crippen LogP contribution in [-0.2, 0) is 0 Å². The zero-order valence-corrected chi connectivity index (χ0v) is 22.2. The normalized spacial score (nSPS) is 13.4. The van der Waals surface area contributed by atoms with Gasteiger partial charge in [0, 0.05) is 0 Å². The van der Waals surface area contributed by atoms with Crippen LogP contribution in [0, 0.1) is 23.2 Å². The van der Waals surface area contributed by atoms with Crippen LogP contribution in [0.5, 0.6) is 0 Å². The van der Waals surface area contributed by atoms with Crippen molar-refractivity contribution < 1.29 is 0 Å². The minimum atomic E-state index is -1.82. The Morgan fingerprint density at radius 3 is 1.17 bits per heavy atom. The molecule has 0 radical (unpaired) electrons. The van der Waals surface area contributed by atoms with Crippen molar-refractivity contribution in [1.29, 1.82) is 0 Å². The first kappa shape index (κ1) is 24.8. The molecule has 0 bridgehead atoms. The van der Waals surface area contributed by atoms with Gasteiger partial charge in [0.15, 0.2) is 0 Å². The summed E-state index contributed by atoms with van der Waals surface area (Å²) in [7, 11) is 1.30. The molecule has 0 saturated carbocycles. The summed E-state index contributed by atoms with van der Waals surface area (Å²) < 4.78 is 0. The maximum atomic E-state index is 3.81. The Labute approximate surface area is 188 Å². The Balaban J connectivity index is 2.34. The summed E-state index contributed by atoms with van der Waals surface area (Å²) in [5, 5.41) is 0.462. The second-order valence-corrected chi connectivity index (χ2v) is 20.7. The third kappa shape index (κ3) is 6.52. The molecule has 0 aromatic heterocycles. The molecule has 0 amide bonds. The predicted octanol–water partition coefficient (Wildman–Crippen LogP) is 5.20. The second kappa shape index (κ2) is 9.78. The summed E-state index contributed by atoms with van der Waals surface area (Å²) in [5.74, 6) is 7.03. The van der Waals surface area contributed by atoms with E-state index >= 15 is 0 Å². The standard InChI is InChI=1S/C26H38B2P2/c1-25(2,3)29(27,19-17-23-13-9-7-10-14-23)21-22-30(28,26(4,5)6)20-18-24-15-11-8-12-16-24/h7-16,29-30H,21-22,27-28H2,1-6H3. The first-order chi connectivity index (χ1) is 13.9. The molecule has 0 spiro atoms. The fourth-order valence-electron chi connectivity index (χ4n) is 3.21. The molecule has 0 fully saturated rings. The van der Waals surface area contributed by atoms with E-state index in [1.54, 1.807) is 0 Å². The second-order valence-electron chi connectivity index (χ2n) is 10.9. The Kier molecular flexibility index (Phi) is 8.09. The summed E-state index contributed by atoms with van der Waals surface area (Å²) >= 11 is 0. The van der Waals surface area contributed by atoms with Crippen LogP contribution in [0.2, 0.25) is 0 Å². The molecule has 0 aliphatic rings. The molecule has 0 aliphatic heterocycles. The SMILES string of the molecule is B[PH](C#Cc1ccccc1)(CC[PH](B)(C#Cc1ccccc1)C(C)(C)C)C(C)(C)C. The van der Waals surface area contributed by atoms with E-state index in [-0.39, 0.29) is 10.3 Å². The fourth-order valence-corrected chi connectivity index (χ4v) is 10.6. The summed E-state index contributed by atoms with van der Waals surface area (Å²) in [6.45, 7) is 14.3. The average molecular weight is 434 g/mol. The number of hydrogen-bond acceptors (Lipinski definition) is 0. The summed E-state index contributed by atoms with van der Waals surface area (Å²) in [6.07, 6.45) is 2.42. The van der Waals surface area contributed by atoms with Crippen LogP contribution in [0.15, 0.2) is 60.7 Å². The van der Waals surface area contributed by atoms with Gasteiger partial charge in [-0.1, -0.05) is 0 Å². The third-order valence-electron chi connectivity index (χ3n) is 6.95. The molecule has 158 valence electrons. The van der Waals surface area contributed by atoms with Gasteiger partial charge in [-0.15, -0.1) is 0 Å². The number of hydrogen-bond donors (Lipinski definition) is 0. The van der Waals surface area contributed by atoms with Gasteiger partial charge in [0.2, 0.25) is 0 Å². The van der Waals surface area contributed by atoms with Crippen molar-refractivity contribution in [2.75, 3.05) is 12.3 Å². The van der Waals surface area contributed by atoms with Crippen molar-refractivity contribution in [3.05, 3.63) is 71.8 Å². The van der Waals surface area contributed by atoms with Crippen LogP contribution in [-0.4, -0.2) is 37.8 Å². The molecule has 2 aromatic carbocycles. The molecular formula is C26H38B2P2. The van der Waals surface area contributed by atoms with Gasteiger partial charge in [-0.25, -0.2) is 0 Å². The fraction of sp³-hybridized carbons (Fsp3) is 0.385. The average Bonchev–Trinajstić information content (AvgIpc) is 2.69. The molecule has 0 unspecified atom stereocenters. The molecule has 30 heavy (non-hydrogen) atoms. The summed E-state index contributed by atoms with van der Waals surface area (Å²) in [5.41, 5.74) is 9.88. The first-order valence-corrected chi connectivity index (χ1v) is 16.4. The molecule has 0 N–H and O–H groups in total. The van der Waals surface area contributed by atoms with Crippen LogP contribution in [0.3, 0.4) is 0 Å². The van der Waals surface area contributed by atoms with Crippen LogP contribution in [0.1, 0.15) is 52.7 Å². The quantitative estimate of drug-likeness (QED) is 0.354. The summed E-state index contributed by atoms with van der Waals surface area (Å²) in [6, 6.07) is 20.9. The van der Waals surface area contributed by atoms with E-state index in [0.717, 1.165) is 11.1 Å². The zero-order valence-electron chi connectivity index (χ0n) is 20.2. The Bertz CT molecular complexity index is 870. The van der Waals surface area contributed by atoms with E-state index < -0.39 is 14.3 Å². The van der Waals surface area contributed by atoms with E-state index in [4.69, 9.17) is 0 Å². The third-order valence-corrected chi connectivity index (χ3v) is 17.9. The van der Waals surface area contributed by atoms with Gasteiger partial charge in [0.1, 0.15) is 0 Å². The number of rotatable bonds is 3. The van der Waals surface area contributed by atoms with Gasteiger partial charge >= 0.3 is 189 Å². The van der Waals surface area contributed by atoms with Gasteiger partial charge in [-0.05, 0) is 0 Å². The van der Waals surface area contributed by atoms with Gasteiger partial charge in [0.05, 0.1) is 0 Å². The predicted molar refractivity (Wildman–Crippen MR) is 150 cm³/mol. The Morgan fingerprint density at radius 1 is 0.600 bits per heavy atom. The van der Waals surface area contributed by atoms with Crippen molar-refractivity contribution in [2.45, 2.75) is 51.9 Å². The van der Waals surface area contributed by atoms with Gasteiger partial charge in [-0.3, -0.25) is 0 Å². The van der Waals surface area contributed by atoms with Crippen LogP contribution < -0.4 is 0 Å². The van der Waals surface area contributed by atoms with Crippen molar-refractivity contribution in [3.63, 3.8) is 0 Å². The van der Waals surface area contributed by atoms with Crippen molar-refractivity contribution in [2.24, 2.45) is 0 Å². The molecule has 0 aliphatic carbocycles. The molecule has 0 saturated heterocycles. The van der Waals surface area contributed by atoms with Crippen LogP contribution in [0.4, 0.5) is 0 Å². The molecule has 0 atom stereocenters. The van der Waals surface area contributed by atoms with E-state index in [1.165, 1.54) is 12.3 Å². The molecule has 2 aromatic rings. The first-order valence-electron chi connectivity index (χ1n) is 11.0. The molecule has 0 nitrogen and oxygen atoms in total. The maximum absolute atomic E-state index is 3.81. The number of benzene rings is 2. The van der Waals surface area contributed by atoms with E-state index in [2.05, 4.69) is 141 Å². The molecular weight excluding hydrogens is 396 g/mol.